The minimum absolute atomic E-state index is 0.167. The van der Waals surface area contributed by atoms with E-state index in [1.54, 1.807) is 24.3 Å². The molecule has 0 aromatic rings. The number of nitrogens with two attached hydrogens (primary N) is 1. The van der Waals surface area contributed by atoms with Crippen molar-refractivity contribution in [1.82, 2.24) is 5.32 Å². The molecule has 0 aromatic heterocycles. The van der Waals surface area contributed by atoms with Crippen LogP contribution in [0.3, 0.4) is 0 Å². The molecule has 1 saturated heterocycles. The number of imide groups is 1. The zero-order chi connectivity index (χ0) is 12.0. The van der Waals surface area contributed by atoms with Crippen LogP contribution in [0, 0.1) is 17.3 Å². The minimum Gasteiger partial charge on any atom is -0.387 e. The Kier molecular flexibility index (Phi) is 1.98. The van der Waals surface area contributed by atoms with Crippen LogP contribution in [0.5, 0.6) is 0 Å². The molecule has 3 N–H and O–H groups in total. The largest absolute Gasteiger partial charge is 0.387 e. The fourth-order valence-electron chi connectivity index (χ4n) is 3.03. The first kappa shape index (κ1) is 10.3. The third-order valence-corrected chi connectivity index (χ3v) is 3.86. The zero-order valence-corrected chi connectivity index (χ0v) is 9.22. The lowest BCUT2D eigenvalue weighted by atomic mass is 9.65. The first-order valence-electron chi connectivity index (χ1n) is 5.67. The molecule has 0 aromatic carbocycles. The van der Waals surface area contributed by atoms with Gasteiger partial charge in [-0.25, -0.2) is 0 Å². The third kappa shape index (κ3) is 1.16. The number of aliphatic imine (C=N–C) groups is 1. The second-order valence-electron chi connectivity index (χ2n) is 4.62. The van der Waals surface area contributed by atoms with E-state index in [1.165, 1.54) is 0 Å². The van der Waals surface area contributed by atoms with Crippen LogP contribution in [0.15, 0.2) is 29.3 Å². The van der Waals surface area contributed by atoms with Crippen LogP contribution in [-0.4, -0.2) is 24.2 Å². The summed E-state index contributed by atoms with van der Waals surface area (Å²) in [5.74, 6) is -0.620. The first-order chi connectivity index (χ1) is 8.16. The van der Waals surface area contributed by atoms with Gasteiger partial charge in [0.15, 0.2) is 0 Å². The smallest absolute Gasteiger partial charge is 0.238 e. The Morgan fingerprint density at radius 2 is 2.24 bits per heavy atom. The van der Waals surface area contributed by atoms with Crippen molar-refractivity contribution in [1.29, 1.82) is 0 Å². The highest BCUT2D eigenvalue weighted by molar-refractivity contribution is 6.12. The SMILES string of the molecule is NC1=NCCC1C12C=CC=CC1C(=O)NC2=O. The van der Waals surface area contributed by atoms with E-state index in [2.05, 4.69) is 10.3 Å². The van der Waals surface area contributed by atoms with Crippen LogP contribution in [-0.2, 0) is 9.59 Å². The van der Waals surface area contributed by atoms with E-state index < -0.39 is 11.3 Å². The number of nitrogens with one attached hydrogen (secondary N) is 1. The van der Waals surface area contributed by atoms with Gasteiger partial charge in [0.1, 0.15) is 0 Å². The Morgan fingerprint density at radius 3 is 2.94 bits per heavy atom. The molecular weight excluding hydrogens is 218 g/mol. The van der Waals surface area contributed by atoms with Gasteiger partial charge < -0.3 is 5.73 Å². The summed E-state index contributed by atoms with van der Waals surface area (Å²) in [4.78, 5) is 28.1. The predicted molar refractivity (Wildman–Crippen MR) is 61.9 cm³/mol. The highest BCUT2D eigenvalue weighted by Gasteiger charge is 2.59. The summed E-state index contributed by atoms with van der Waals surface area (Å²) in [5.41, 5.74) is 5.02. The number of amidine groups is 1. The van der Waals surface area contributed by atoms with Crippen molar-refractivity contribution in [2.45, 2.75) is 6.42 Å². The molecule has 0 bridgehead atoms. The lowest BCUT2D eigenvalue weighted by Gasteiger charge is -2.34. The maximum Gasteiger partial charge on any atom is 0.238 e. The van der Waals surface area contributed by atoms with Crippen molar-refractivity contribution < 1.29 is 9.59 Å². The van der Waals surface area contributed by atoms with E-state index in [0.717, 1.165) is 6.42 Å². The minimum atomic E-state index is -0.851. The molecule has 0 spiro atoms. The van der Waals surface area contributed by atoms with Crippen molar-refractivity contribution in [3.05, 3.63) is 24.3 Å². The first-order valence-corrected chi connectivity index (χ1v) is 5.67. The molecule has 2 aliphatic heterocycles. The molecular formula is C12H13N3O2. The van der Waals surface area contributed by atoms with Crippen molar-refractivity contribution in [2.24, 2.45) is 28.0 Å². The average molecular weight is 231 g/mol. The van der Waals surface area contributed by atoms with Gasteiger partial charge in [-0.15, -0.1) is 0 Å². The molecule has 2 amide bonds. The standard InChI is InChI=1S/C12H13N3O2/c13-9-7(4-6-14-9)12-5-2-1-3-8(12)10(16)15-11(12)17/h1-3,5,7-8H,4,6H2,(H2,13,14)(H,15,16,17). The topological polar surface area (TPSA) is 84.5 Å². The Hall–Kier alpha value is -1.91. The lowest BCUT2D eigenvalue weighted by Crippen LogP contribution is -2.45. The number of carbonyl (C=O) groups is 2. The van der Waals surface area contributed by atoms with E-state index in [4.69, 9.17) is 5.73 Å². The van der Waals surface area contributed by atoms with Crippen molar-refractivity contribution in [3.63, 3.8) is 0 Å². The molecule has 3 unspecified atom stereocenters. The highest BCUT2D eigenvalue weighted by Crippen LogP contribution is 2.47. The van der Waals surface area contributed by atoms with Crippen molar-refractivity contribution in [2.75, 3.05) is 6.54 Å². The number of rotatable bonds is 1. The fourth-order valence-corrected chi connectivity index (χ4v) is 3.03. The van der Waals surface area contributed by atoms with Crippen molar-refractivity contribution >= 4 is 17.6 Å². The third-order valence-electron chi connectivity index (χ3n) is 3.86. The summed E-state index contributed by atoms with van der Waals surface area (Å²) < 4.78 is 0. The molecule has 0 saturated carbocycles. The maximum atomic E-state index is 12.1. The number of hydrogen-bond donors (Lipinski definition) is 2. The molecule has 2 heterocycles. The van der Waals surface area contributed by atoms with Gasteiger partial charge >= 0.3 is 0 Å². The summed E-state index contributed by atoms with van der Waals surface area (Å²) in [6, 6.07) is 0. The van der Waals surface area contributed by atoms with E-state index in [0.29, 0.717) is 12.4 Å². The number of carbonyl (C=O) groups excluding carboxylic acids is 2. The number of nitrogens with zero attached hydrogens (tertiary/aromatic N) is 1. The van der Waals surface area contributed by atoms with Crippen LogP contribution in [0.2, 0.25) is 0 Å². The molecule has 3 atom stereocenters. The van der Waals surface area contributed by atoms with Gasteiger partial charge in [-0.1, -0.05) is 24.3 Å². The number of amides is 2. The van der Waals surface area contributed by atoms with Gasteiger partial charge in [0.25, 0.3) is 0 Å². The zero-order valence-electron chi connectivity index (χ0n) is 9.22. The molecule has 0 radical (unpaired) electrons. The average Bonchev–Trinajstić information content (AvgIpc) is 2.84. The maximum absolute atomic E-state index is 12.1. The quantitative estimate of drug-likeness (QED) is 0.610. The fraction of sp³-hybridized carbons (Fsp3) is 0.417. The number of hydrogen-bond acceptors (Lipinski definition) is 4. The van der Waals surface area contributed by atoms with E-state index in [-0.39, 0.29) is 17.7 Å². The Morgan fingerprint density at radius 1 is 1.41 bits per heavy atom. The molecule has 17 heavy (non-hydrogen) atoms. The van der Waals surface area contributed by atoms with E-state index >= 15 is 0 Å². The Labute approximate surface area is 98.5 Å². The molecule has 88 valence electrons. The second kappa shape index (κ2) is 3.29. The van der Waals surface area contributed by atoms with Crippen LogP contribution >= 0.6 is 0 Å². The summed E-state index contributed by atoms with van der Waals surface area (Å²) in [6.07, 6.45) is 7.90. The summed E-state index contributed by atoms with van der Waals surface area (Å²) >= 11 is 0. The summed E-state index contributed by atoms with van der Waals surface area (Å²) in [7, 11) is 0. The summed E-state index contributed by atoms with van der Waals surface area (Å²) in [5, 5.41) is 2.41. The molecule has 5 nitrogen and oxygen atoms in total. The van der Waals surface area contributed by atoms with Gasteiger partial charge in [0.2, 0.25) is 11.8 Å². The Bertz CT molecular complexity index is 492. The van der Waals surface area contributed by atoms with Crippen LogP contribution in [0.4, 0.5) is 0 Å². The lowest BCUT2D eigenvalue weighted by molar-refractivity contribution is -0.128. The van der Waals surface area contributed by atoms with E-state index in [1.807, 2.05) is 0 Å². The molecule has 3 aliphatic rings. The predicted octanol–water partition coefficient (Wildman–Crippen LogP) is -0.252. The normalized spacial score (nSPS) is 39.2. The molecule has 1 aliphatic carbocycles. The molecule has 5 heteroatoms. The van der Waals surface area contributed by atoms with Gasteiger partial charge in [-0.2, -0.15) is 0 Å². The Balaban J connectivity index is 2.11. The summed E-state index contributed by atoms with van der Waals surface area (Å²) in [6.45, 7) is 0.629. The molecule has 3 rings (SSSR count). The van der Waals surface area contributed by atoms with Gasteiger partial charge in [0, 0.05) is 12.5 Å². The monoisotopic (exact) mass is 231 g/mol. The van der Waals surface area contributed by atoms with Gasteiger partial charge in [0.05, 0.1) is 17.2 Å². The van der Waals surface area contributed by atoms with Gasteiger partial charge in [-0.05, 0) is 6.42 Å². The molecule has 1 fully saturated rings. The highest BCUT2D eigenvalue weighted by atomic mass is 16.2. The van der Waals surface area contributed by atoms with Crippen LogP contribution in [0.1, 0.15) is 6.42 Å². The van der Waals surface area contributed by atoms with E-state index in [9.17, 15) is 9.59 Å². The number of fused-ring (bicyclic) bond motifs is 1. The van der Waals surface area contributed by atoms with Gasteiger partial charge in [-0.3, -0.25) is 19.9 Å². The second-order valence-corrected chi connectivity index (χ2v) is 4.62. The van der Waals surface area contributed by atoms with Crippen LogP contribution in [0.25, 0.3) is 0 Å². The van der Waals surface area contributed by atoms with Crippen molar-refractivity contribution in [3.8, 4) is 0 Å². The number of allylic oxidation sites excluding steroid dienone is 2. The van der Waals surface area contributed by atoms with Crippen LogP contribution < -0.4 is 11.1 Å².